The standard InChI is InChI=1S/C16H32N2O/c1-12-4-6-13(7-5-12)8-14-9-16(19)15(17-10-14)11-18(2)3/h12-17,19H,4-11H2,1-3H3/p+1. The number of nitrogens with zero attached hydrogens (tertiary/aromatic N) is 1. The minimum absolute atomic E-state index is 0.108. The minimum atomic E-state index is -0.108. The van der Waals surface area contributed by atoms with E-state index in [4.69, 9.17) is 0 Å². The van der Waals surface area contributed by atoms with E-state index in [9.17, 15) is 5.11 Å². The Hall–Kier alpha value is -0.120. The third-order valence-corrected chi connectivity index (χ3v) is 5.22. The van der Waals surface area contributed by atoms with E-state index < -0.39 is 0 Å². The van der Waals surface area contributed by atoms with Gasteiger partial charge in [-0.15, -0.1) is 0 Å². The monoisotopic (exact) mass is 269 g/mol. The summed E-state index contributed by atoms with van der Waals surface area (Å²) >= 11 is 0. The number of hydrogen-bond donors (Lipinski definition) is 2. The molecule has 0 radical (unpaired) electrons. The zero-order valence-corrected chi connectivity index (χ0v) is 13.0. The van der Waals surface area contributed by atoms with Crippen LogP contribution in [0.15, 0.2) is 0 Å². The van der Waals surface area contributed by atoms with Gasteiger partial charge >= 0.3 is 0 Å². The largest absolute Gasteiger partial charge is 0.387 e. The van der Waals surface area contributed by atoms with Crippen molar-refractivity contribution in [2.24, 2.45) is 17.8 Å². The fourth-order valence-corrected chi connectivity index (χ4v) is 3.98. The molecule has 19 heavy (non-hydrogen) atoms. The predicted octanol–water partition coefficient (Wildman–Crippen LogP) is 1.08. The van der Waals surface area contributed by atoms with Crippen LogP contribution in [0.2, 0.25) is 0 Å². The molecule has 3 heteroatoms. The Kier molecular flexibility index (Phi) is 5.67. The van der Waals surface area contributed by atoms with Gasteiger partial charge in [0.2, 0.25) is 0 Å². The molecular weight excluding hydrogens is 236 g/mol. The summed E-state index contributed by atoms with van der Waals surface area (Å²) in [6, 6.07) is 0.387. The molecule has 1 aliphatic heterocycles. The highest BCUT2D eigenvalue weighted by Crippen LogP contribution is 2.33. The lowest BCUT2D eigenvalue weighted by Crippen LogP contribution is -2.97. The second-order valence-corrected chi connectivity index (χ2v) is 7.43. The van der Waals surface area contributed by atoms with Crippen LogP contribution in [0, 0.1) is 17.8 Å². The molecule has 3 N–H and O–H groups in total. The third kappa shape index (κ3) is 4.73. The van der Waals surface area contributed by atoms with E-state index in [1.165, 1.54) is 38.6 Å². The summed E-state index contributed by atoms with van der Waals surface area (Å²) in [5.74, 6) is 2.63. The van der Waals surface area contributed by atoms with Gasteiger partial charge in [-0.25, -0.2) is 0 Å². The van der Waals surface area contributed by atoms with Gasteiger partial charge in [-0.1, -0.05) is 32.6 Å². The molecule has 1 saturated heterocycles. The van der Waals surface area contributed by atoms with Crippen molar-refractivity contribution in [3.63, 3.8) is 0 Å². The number of nitrogens with two attached hydrogens (primary N) is 1. The predicted molar refractivity (Wildman–Crippen MR) is 79.0 cm³/mol. The van der Waals surface area contributed by atoms with E-state index in [0.717, 1.165) is 30.7 Å². The van der Waals surface area contributed by atoms with Crippen LogP contribution in [0.25, 0.3) is 0 Å². The molecule has 112 valence electrons. The van der Waals surface area contributed by atoms with Gasteiger partial charge in [-0.2, -0.15) is 0 Å². The zero-order valence-electron chi connectivity index (χ0n) is 13.0. The molecule has 0 bridgehead atoms. The normalized spacial score (nSPS) is 40.6. The maximum absolute atomic E-state index is 10.3. The Morgan fingerprint density at radius 2 is 1.79 bits per heavy atom. The van der Waals surface area contributed by atoms with Gasteiger partial charge < -0.3 is 15.3 Å². The Bertz CT molecular complexity index is 261. The van der Waals surface area contributed by atoms with E-state index in [1.807, 2.05) is 0 Å². The average molecular weight is 269 g/mol. The summed E-state index contributed by atoms with van der Waals surface area (Å²) in [6.45, 7) is 4.61. The first-order valence-electron chi connectivity index (χ1n) is 8.20. The maximum atomic E-state index is 10.3. The molecule has 2 fully saturated rings. The fraction of sp³-hybridized carbons (Fsp3) is 1.00. The highest BCUT2D eigenvalue weighted by molar-refractivity contribution is 4.80. The highest BCUT2D eigenvalue weighted by Gasteiger charge is 2.34. The fourth-order valence-electron chi connectivity index (χ4n) is 3.98. The number of likely N-dealkylation sites (N-methyl/N-ethyl adjacent to an activating group) is 1. The van der Waals surface area contributed by atoms with Gasteiger partial charge in [0, 0.05) is 5.92 Å². The van der Waals surface area contributed by atoms with Crippen LogP contribution in [0.5, 0.6) is 0 Å². The Labute approximate surface area is 118 Å². The quantitative estimate of drug-likeness (QED) is 0.802. The smallest absolute Gasteiger partial charge is 0.125 e. The molecular formula is C16H33N2O+. The lowest BCUT2D eigenvalue weighted by atomic mass is 9.76. The van der Waals surface area contributed by atoms with Crippen LogP contribution in [0.1, 0.15) is 45.4 Å². The molecule has 3 unspecified atom stereocenters. The molecule has 0 amide bonds. The molecule has 0 aromatic carbocycles. The van der Waals surface area contributed by atoms with Crippen molar-refractivity contribution in [3.8, 4) is 0 Å². The van der Waals surface area contributed by atoms with Crippen molar-refractivity contribution >= 4 is 0 Å². The number of aliphatic hydroxyl groups excluding tert-OH is 1. The van der Waals surface area contributed by atoms with Crippen LogP contribution in [0.4, 0.5) is 0 Å². The number of aliphatic hydroxyl groups is 1. The van der Waals surface area contributed by atoms with Crippen LogP contribution < -0.4 is 5.32 Å². The lowest BCUT2D eigenvalue weighted by molar-refractivity contribution is -0.711. The number of piperidine rings is 1. The summed E-state index contributed by atoms with van der Waals surface area (Å²) in [5, 5.41) is 12.7. The summed E-state index contributed by atoms with van der Waals surface area (Å²) in [4.78, 5) is 2.19. The van der Waals surface area contributed by atoms with Gasteiger partial charge in [0.15, 0.2) is 0 Å². The average Bonchev–Trinajstić information content (AvgIpc) is 2.35. The summed E-state index contributed by atoms with van der Waals surface area (Å²) in [7, 11) is 4.19. The lowest BCUT2D eigenvalue weighted by Gasteiger charge is -2.35. The van der Waals surface area contributed by atoms with E-state index >= 15 is 0 Å². The van der Waals surface area contributed by atoms with Crippen molar-refractivity contribution in [2.45, 2.75) is 57.6 Å². The number of hydrogen-bond acceptors (Lipinski definition) is 2. The summed E-state index contributed by atoms with van der Waals surface area (Å²) in [5.41, 5.74) is 0. The van der Waals surface area contributed by atoms with Crippen molar-refractivity contribution in [1.29, 1.82) is 0 Å². The Morgan fingerprint density at radius 1 is 1.11 bits per heavy atom. The molecule has 0 aromatic rings. The van der Waals surface area contributed by atoms with Gasteiger partial charge in [0.05, 0.1) is 13.1 Å². The maximum Gasteiger partial charge on any atom is 0.125 e. The van der Waals surface area contributed by atoms with Crippen molar-refractivity contribution < 1.29 is 10.4 Å². The highest BCUT2D eigenvalue weighted by atomic mass is 16.3. The zero-order chi connectivity index (χ0) is 13.8. The summed E-state index contributed by atoms with van der Waals surface area (Å²) < 4.78 is 0. The van der Waals surface area contributed by atoms with Crippen molar-refractivity contribution in [1.82, 2.24) is 4.90 Å². The first-order valence-corrected chi connectivity index (χ1v) is 8.20. The minimum Gasteiger partial charge on any atom is -0.387 e. The van der Waals surface area contributed by atoms with Gasteiger partial charge in [0.25, 0.3) is 0 Å². The molecule has 0 aromatic heterocycles. The van der Waals surface area contributed by atoms with E-state index in [2.05, 4.69) is 31.2 Å². The van der Waals surface area contributed by atoms with E-state index in [-0.39, 0.29) is 6.10 Å². The van der Waals surface area contributed by atoms with E-state index in [0.29, 0.717) is 6.04 Å². The van der Waals surface area contributed by atoms with Crippen LogP contribution in [-0.2, 0) is 0 Å². The van der Waals surface area contributed by atoms with Crippen molar-refractivity contribution in [2.75, 3.05) is 27.2 Å². The molecule has 3 nitrogen and oxygen atoms in total. The Morgan fingerprint density at radius 3 is 2.37 bits per heavy atom. The van der Waals surface area contributed by atoms with Gasteiger partial charge in [0.1, 0.15) is 12.1 Å². The number of quaternary nitrogens is 1. The van der Waals surface area contributed by atoms with Crippen LogP contribution in [0.3, 0.4) is 0 Å². The second-order valence-electron chi connectivity index (χ2n) is 7.43. The van der Waals surface area contributed by atoms with E-state index in [1.54, 1.807) is 0 Å². The molecule has 1 saturated carbocycles. The Balaban J connectivity index is 1.72. The molecule has 2 rings (SSSR count). The second kappa shape index (κ2) is 7.05. The summed E-state index contributed by atoms with van der Waals surface area (Å²) in [6.07, 6.45) is 7.98. The molecule has 2 aliphatic rings. The number of rotatable bonds is 4. The molecule has 0 spiro atoms. The van der Waals surface area contributed by atoms with Crippen molar-refractivity contribution in [3.05, 3.63) is 0 Å². The third-order valence-electron chi connectivity index (χ3n) is 5.22. The SMILES string of the molecule is CC1CCC(CC2C[NH2+]C(CN(C)C)C(O)C2)CC1. The van der Waals surface area contributed by atoms with Gasteiger partial charge in [-0.05, 0) is 38.8 Å². The molecule has 1 heterocycles. The van der Waals surface area contributed by atoms with Crippen LogP contribution >= 0.6 is 0 Å². The topological polar surface area (TPSA) is 40.1 Å². The van der Waals surface area contributed by atoms with Crippen LogP contribution in [-0.4, -0.2) is 49.3 Å². The molecule has 1 aliphatic carbocycles. The first-order chi connectivity index (χ1) is 9.04. The van der Waals surface area contributed by atoms with Gasteiger partial charge in [-0.3, -0.25) is 0 Å². The molecule has 3 atom stereocenters. The first kappa shape index (κ1) is 15.3.